The van der Waals surface area contributed by atoms with Crippen molar-refractivity contribution in [1.82, 2.24) is 29.5 Å². The quantitative estimate of drug-likeness (QED) is 0.232. The molecule has 0 saturated carbocycles. The number of nitrogens with one attached hydrogen (secondary N) is 1. The summed E-state index contributed by atoms with van der Waals surface area (Å²) in [5, 5.41) is 11.0. The number of nitrogen functional groups attached to an aromatic ring is 1. The first kappa shape index (κ1) is 27.3. The third kappa shape index (κ3) is 5.71. The number of benzene rings is 2. The minimum absolute atomic E-state index is 0.0798. The number of aromatic amines is 1. The molecule has 0 spiro atoms. The van der Waals surface area contributed by atoms with Crippen molar-refractivity contribution in [3.8, 4) is 17.5 Å². The largest absolute Gasteiger partial charge is 0.381 e. The fourth-order valence-electron chi connectivity index (χ4n) is 3.96. The van der Waals surface area contributed by atoms with Crippen molar-refractivity contribution in [3.05, 3.63) is 106 Å². The molecule has 40 heavy (non-hydrogen) atoms. The van der Waals surface area contributed by atoms with Crippen molar-refractivity contribution in [2.24, 2.45) is 17.8 Å². The number of carbonyl (C=O) groups excluding carboxylic acids is 1. The van der Waals surface area contributed by atoms with Gasteiger partial charge in [-0.15, -0.1) is 0 Å². The Morgan fingerprint density at radius 1 is 1.18 bits per heavy atom. The second-order valence-corrected chi connectivity index (χ2v) is 8.38. The zero-order chi connectivity index (χ0) is 28.6. The monoisotopic (exact) mass is 533 g/mol. The van der Waals surface area contributed by atoms with Gasteiger partial charge >= 0.3 is 0 Å². The molecular weight excluding hydrogens is 506 g/mol. The number of allylic oxidation sites excluding steroid dienone is 1. The summed E-state index contributed by atoms with van der Waals surface area (Å²) in [4.78, 5) is 33.0. The number of aliphatic imine (C=N–C) groups is 1. The summed E-state index contributed by atoms with van der Waals surface area (Å²) < 4.78 is 3.06. The summed E-state index contributed by atoms with van der Waals surface area (Å²) >= 11 is 0. The molecule has 0 aliphatic heterocycles. The molecule has 5 aromatic rings. The van der Waals surface area contributed by atoms with Crippen LogP contribution < -0.4 is 17.0 Å². The van der Waals surface area contributed by atoms with Crippen LogP contribution in [0.5, 0.6) is 0 Å². The van der Waals surface area contributed by atoms with Crippen LogP contribution in [0.15, 0.2) is 83.4 Å². The van der Waals surface area contributed by atoms with E-state index in [9.17, 15) is 9.59 Å². The van der Waals surface area contributed by atoms with E-state index in [1.54, 1.807) is 24.0 Å². The smallest absolute Gasteiger partial charge is 0.267 e. The zero-order valence-corrected chi connectivity index (χ0v) is 22.0. The van der Waals surface area contributed by atoms with Gasteiger partial charge in [-0.3, -0.25) is 19.3 Å². The van der Waals surface area contributed by atoms with E-state index in [-0.39, 0.29) is 16.9 Å². The van der Waals surface area contributed by atoms with Crippen LogP contribution in [0.25, 0.3) is 16.6 Å². The van der Waals surface area contributed by atoms with E-state index in [2.05, 4.69) is 38.7 Å². The van der Waals surface area contributed by atoms with Crippen molar-refractivity contribution in [3.63, 3.8) is 0 Å². The van der Waals surface area contributed by atoms with Crippen LogP contribution >= 0.6 is 0 Å². The zero-order valence-electron chi connectivity index (χ0n) is 22.0. The maximum atomic E-state index is 13.3. The molecular formula is C29H27N9O2. The minimum atomic E-state index is -0.646. The van der Waals surface area contributed by atoms with Crippen molar-refractivity contribution in [2.75, 3.05) is 5.73 Å². The Morgan fingerprint density at radius 3 is 2.60 bits per heavy atom. The third-order valence-electron chi connectivity index (χ3n) is 5.73. The average Bonchev–Trinajstić information content (AvgIpc) is 3.58. The van der Waals surface area contributed by atoms with E-state index in [0.717, 1.165) is 17.1 Å². The molecule has 0 aliphatic rings. The number of carbonyl (C=O) groups is 1. The van der Waals surface area contributed by atoms with Crippen molar-refractivity contribution in [1.29, 1.82) is 0 Å². The number of primary amides is 1. The Labute approximate surface area is 229 Å². The Bertz CT molecular complexity index is 1820. The number of fused-ring (bicyclic) bond motifs is 1. The van der Waals surface area contributed by atoms with Crippen LogP contribution in [-0.4, -0.2) is 41.7 Å². The summed E-state index contributed by atoms with van der Waals surface area (Å²) in [5.74, 6) is 6.60. The van der Waals surface area contributed by atoms with E-state index >= 15 is 0 Å². The standard InChI is InChI=1S/C21H16N4O.C8H11N5O/c1-2-19-24-18-10-6-7-16(12-11-15-13-22-23-14-15)20(18)21(26)25(19)17-8-4-3-5-9-17;1-3-4-11-8-5(7(10)14)6(9)12-13(8)2/h3-10,13-14H,2H2,1H3,(H,22,23);3-4H,1H2,2H3,(H2,9,12)(H2,10,14)/b;11-4-. The molecule has 11 heteroatoms. The number of hydrogen-bond acceptors (Lipinski definition) is 7. The number of rotatable bonds is 5. The van der Waals surface area contributed by atoms with Crippen molar-refractivity contribution in [2.45, 2.75) is 13.3 Å². The Hall–Kier alpha value is -5.76. The molecule has 2 aromatic carbocycles. The maximum Gasteiger partial charge on any atom is 0.267 e. The molecule has 5 rings (SSSR count). The molecule has 0 radical (unpaired) electrons. The highest BCUT2D eigenvalue weighted by atomic mass is 16.1. The molecule has 3 heterocycles. The van der Waals surface area contributed by atoms with Crippen LogP contribution in [0.4, 0.5) is 11.6 Å². The predicted molar refractivity (Wildman–Crippen MR) is 156 cm³/mol. The fourth-order valence-corrected chi connectivity index (χ4v) is 3.96. The first-order valence-corrected chi connectivity index (χ1v) is 12.2. The van der Waals surface area contributed by atoms with Gasteiger partial charge in [-0.05, 0) is 24.3 Å². The van der Waals surface area contributed by atoms with Crippen LogP contribution in [0.3, 0.4) is 0 Å². The second kappa shape index (κ2) is 12.2. The Morgan fingerprint density at radius 2 is 1.95 bits per heavy atom. The number of aromatic nitrogens is 6. The summed E-state index contributed by atoms with van der Waals surface area (Å²) in [6.45, 7) is 5.46. The predicted octanol–water partition coefficient (Wildman–Crippen LogP) is 3.06. The van der Waals surface area contributed by atoms with Crippen LogP contribution in [0.2, 0.25) is 0 Å². The lowest BCUT2D eigenvalue weighted by Crippen LogP contribution is -2.24. The molecule has 200 valence electrons. The highest BCUT2D eigenvalue weighted by Gasteiger charge is 2.17. The van der Waals surface area contributed by atoms with Gasteiger partial charge in [-0.2, -0.15) is 10.2 Å². The summed E-state index contributed by atoms with van der Waals surface area (Å²) in [6, 6.07) is 15.2. The number of nitrogens with two attached hydrogens (primary N) is 2. The maximum absolute atomic E-state index is 13.3. The molecule has 0 aliphatic carbocycles. The Balaban J connectivity index is 0.000000224. The lowest BCUT2D eigenvalue weighted by Gasteiger charge is -2.13. The number of amides is 1. The van der Waals surface area contributed by atoms with Gasteiger partial charge in [0.05, 0.1) is 28.4 Å². The topological polar surface area (TPSA) is 163 Å². The summed E-state index contributed by atoms with van der Waals surface area (Å²) in [6.07, 6.45) is 6.93. The SMILES string of the molecule is C=C/C=N\c1c(C(N)=O)c(N)nn1C.CCc1nc2cccc(C#Cc3cn[nH]c3)c2c(=O)n1-c1ccccc1. The number of hydrogen-bond donors (Lipinski definition) is 3. The molecule has 3 aromatic heterocycles. The van der Waals surface area contributed by atoms with Gasteiger partial charge in [0.25, 0.3) is 11.5 Å². The molecule has 0 unspecified atom stereocenters. The van der Waals surface area contributed by atoms with Crippen molar-refractivity contribution < 1.29 is 4.79 Å². The number of nitrogens with zero attached hydrogens (tertiary/aromatic N) is 6. The molecule has 0 atom stereocenters. The summed E-state index contributed by atoms with van der Waals surface area (Å²) in [5.41, 5.74) is 13.5. The van der Waals surface area contributed by atoms with Gasteiger partial charge in [-0.1, -0.05) is 55.7 Å². The lowest BCUT2D eigenvalue weighted by atomic mass is 10.1. The molecule has 0 saturated heterocycles. The van der Waals surface area contributed by atoms with Gasteiger partial charge in [0.2, 0.25) is 0 Å². The van der Waals surface area contributed by atoms with E-state index in [0.29, 0.717) is 28.7 Å². The van der Waals surface area contributed by atoms with E-state index < -0.39 is 5.91 Å². The van der Waals surface area contributed by atoms with Gasteiger partial charge in [0.1, 0.15) is 11.4 Å². The number of para-hydroxylation sites is 1. The van der Waals surface area contributed by atoms with Crippen LogP contribution in [-0.2, 0) is 13.5 Å². The molecule has 5 N–H and O–H groups in total. The second-order valence-electron chi connectivity index (χ2n) is 8.38. The minimum Gasteiger partial charge on any atom is -0.381 e. The van der Waals surface area contributed by atoms with Crippen molar-refractivity contribution >= 4 is 34.7 Å². The third-order valence-corrected chi connectivity index (χ3v) is 5.73. The van der Waals surface area contributed by atoms with E-state index in [1.807, 2.05) is 55.5 Å². The number of anilines is 1. The Kier molecular flexibility index (Phi) is 8.31. The molecule has 11 nitrogen and oxygen atoms in total. The van der Waals surface area contributed by atoms with Crippen LogP contribution in [0, 0.1) is 11.8 Å². The van der Waals surface area contributed by atoms with Gasteiger partial charge < -0.3 is 11.5 Å². The first-order valence-electron chi connectivity index (χ1n) is 12.2. The normalized spacial score (nSPS) is 10.6. The molecule has 0 fully saturated rings. The fraction of sp³-hybridized carbons (Fsp3) is 0.103. The molecule has 1 amide bonds. The highest BCUT2D eigenvalue weighted by Crippen LogP contribution is 2.23. The van der Waals surface area contributed by atoms with Gasteiger partial charge in [0.15, 0.2) is 11.6 Å². The van der Waals surface area contributed by atoms with Gasteiger partial charge in [-0.25, -0.2) is 14.7 Å². The van der Waals surface area contributed by atoms with E-state index in [4.69, 9.17) is 16.5 Å². The number of aryl methyl sites for hydroxylation is 2. The lowest BCUT2D eigenvalue weighted by molar-refractivity contribution is 0.100. The van der Waals surface area contributed by atoms with E-state index in [1.165, 1.54) is 17.0 Å². The molecule has 0 bridgehead atoms. The highest BCUT2D eigenvalue weighted by molar-refractivity contribution is 6.02. The van der Waals surface area contributed by atoms with Crippen LogP contribution in [0.1, 0.15) is 34.2 Å². The number of H-pyrrole nitrogens is 1. The van der Waals surface area contributed by atoms with Gasteiger partial charge in [0, 0.05) is 31.4 Å². The summed E-state index contributed by atoms with van der Waals surface area (Å²) in [7, 11) is 1.62. The first-order chi connectivity index (χ1) is 19.3. The average molecular weight is 534 g/mol.